The van der Waals surface area contributed by atoms with Crippen LogP contribution in [0.4, 0.5) is 5.69 Å². The van der Waals surface area contributed by atoms with E-state index in [1.807, 2.05) is 79.7 Å². The van der Waals surface area contributed by atoms with Crippen molar-refractivity contribution in [2.24, 2.45) is 0 Å². The number of amides is 1. The summed E-state index contributed by atoms with van der Waals surface area (Å²) in [5.41, 5.74) is 2.36. The fourth-order valence-electron chi connectivity index (χ4n) is 3.92. The van der Waals surface area contributed by atoms with Crippen LogP contribution < -0.4 is 4.90 Å². The number of allylic oxidation sites excluding steroid dienone is 3. The first-order valence-electron chi connectivity index (χ1n) is 10.6. The van der Waals surface area contributed by atoms with Gasteiger partial charge in [-0.2, -0.15) is 0 Å². The molecule has 32 heavy (non-hydrogen) atoms. The van der Waals surface area contributed by atoms with Gasteiger partial charge in [0.15, 0.2) is 11.4 Å². The third-order valence-corrected chi connectivity index (χ3v) is 5.61. The van der Waals surface area contributed by atoms with Crippen LogP contribution in [0.1, 0.15) is 28.7 Å². The van der Waals surface area contributed by atoms with Gasteiger partial charge in [0.2, 0.25) is 0 Å². The first-order chi connectivity index (χ1) is 15.5. The molecule has 1 heterocycles. The second-order valence-corrected chi connectivity index (χ2v) is 8.03. The van der Waals surface area contributed by atoms with E-state index in [9.17, 15) is 14.7 Å². The Balaban J connectivity index is 1.52. The highest BCUT2D eigenvalue weighted by Crippen LogP contribution is 2.43. The third-order valence-electron chi connectivity index (χ3n) is 5.61. The van der Waals surface area contributed by atoms with Crippen molar-refractivity contribution in [1.82, 2.24) is 0 Å². The zero-order valence-electron chi connectivity index (χ0n) is 17.9. The molecule has 4 nitrogen and oxygen atoms in total. The van der Waals surface area contributed by atoms with Gasteiger partial charge in [-0.3, -0.25) is 9.59 Å². The van der Waals surface area contributed by atoms with Gasteiger partial charge in [-0.15, -0.1) is 0 Å². The number of ketones is 1. The summed E-state index contributed by atoms with van der Waals surface area (Å²) in [7, 11) is 0. The van der Waals surface area contributed by atoms with Crippen molar-refractivity contribution < 1.29 is 14.7 Å². The van der Waals surface area contributed by atoms with Gasteiger partial charge in [0.25, 0.3) is 5.91 Å². The summed E-state index contributed by atoms with van der Waals surface area (Å²) >= 11 is 0. The molecule has 0 unspecified atom stereocenters. The summed E-state index contributed by atoms with van der Waals surface area (Å²) in [4.78, 5) is 27.5. The minimum absolute atomic E-state index is 0.303. The van der Waals surface area contributed by atoms with Crippen molar-refractivity contribution in [3.8, 4) is 0 Å². The standard InChI is InChI=1S/C28H25NO3/c1-21-15-17-23(18-16-21)20-29-26-14-8-7-13-25(26)28(32,27(29)31)19-24(30)12-6-5-11-22-9-3-2-4-10-22/h2-18,32H,19-20H2,1H3/b11-5-,12-6+/t28-/m0/s1. The van der Waals surface area contributed by atoms with Gasteiger partial charge in [-0.05, 0) is 30.2 Å². The Hall–Kier alpha value is -3.76. The van der Waals surface area contributed by atoms with Gasteiger partial charge >= 0.3 is 0 Å². The van der Waals surface area contributed by atoms with Crippen LogP contribution in [-0.2, 0) is 21.7 Å². The van der Waals surface area contributed by atoms with E-state index in [0.29, 0.717) is 17.8 Å². The smallest absolute Gasteiger partial charge is 0.264 e. The van der Waals surface area contributed by atoms with Crippen LogP contribution in [0.15, 0.2) is 97.1 Å². The van der Waals surface area contributed by atoms with Crippen molar-refractivity contribution in [1.29, 1.82) is 0 Å². The van der Waals surface area contributed by atoms with E-state index in [0.717, 1.165) is 16.7 Å². The second kappa shape index (κ2) is 9.16. The lowest BCUT2D eigenvalue weighted by Gasteiger charge is -2.22. The number of fused-ring (bicyclic) bond motifs is 1. The second-order valence-electron chi connectivity index (χ2n) is 8.03. The number of hydrogen-bond acceptors (Lipinski definition) is 3. The average molecular weight is 424 g/mol. The molecule has 1 amide bonds. The number of anilines is 1. The molecule has 0 bridgehead atoms. The summed E-state index contributed by atoms with van der Waals surface area (Å²) in [6.07, 6.45) is 6.39. The van der Waals surface area contributed by atoms with Crippen LogP contribution in [0.5, 0.6) is 0 Å². The van der Waals surface area contributed by atoms with E-state index in [-0.39, 0.29) is 12.2 Å². The summed E-state index contributed by atoms with van der Waals surface area (Å²) in [6.45, 7) is 2.34. The summed E-state index contributed by atoms with van der Waals surface area (Å²) in [6, 6.07) is 24.8. The van der Waals surface area contributed by atoms with E-state index in [1.165, 1.54) is 6.08 Å². The quantitative estimate of drug-likeness (QED) is 0.432. The molecule has 1 aliphatic heterocycles. The maximum atomic E-state index is 13.3. The molecule has 1 atom stereocenters. The molecular weight excluding hydrogens is 398 g/mol. The van der Waals surface area contributed by atoms with Crippen molar-refractivity contribution in [3.63, 3.8) is 0 Å². The van der Waals surface area contributed by atoms with Crippen LogP contribution in [0, 0.1) is 6.92 Å². The highest BCUT2D eigenvalue weighted by molar-refractivity contribution is 6.09. The highest BCUT2D eigenvalue weighted by atomic mass is 16.3. The van der Waals surface area contributed by atoms with Crippen molar-refractivity contribution in [3.05, 3.63) is 119 Å². The maximum absolute atomic E-state index is 13.3. The van der Waals surface area contributed by atoms with Crippen molar-refractivity contribution in [2.75, 3.05) is 4.90 Å². The summed E-state index contributed by atoms with van der Waals surface area (Å²) < 4.78 is 0. The lowest BCUT2D eigenvalue weighted by atomic mass is 9.90. The molecule has 4 rings (SSSR count). The summed E-state index contributed by atoms with van der Waals surface area (Å²) in [5, 5.41) is 11.3. The van der Waals surface area contributed by atoms with E-state index in [4.69, 9.17) is 0 Å². The number of aliphatic hydroxyl groups is 1. The average Bonchev–Trinajstić information content (AvgIpc) is 3.01. The molecular formula is C28H25NO3. The molecule has 160 valence electrons. The molecule has 0 fully saturated rings. The van der Waals surface area contributed by atoms with Gasteiger partial charge in [-0.1, -0.05) is 96.6 Å². The molecule has 0 aliphatic carbocycles. The zero-order valence-corrected chi connectivity index (χ0v) is 17.9. The third kappa shape index (κ3) is 4.46. The van der Waals surface area contributed by atoms with Crippen LogP contribution >= 0.6 is 0 Å². The van der Waals surface area contributed by atoms with E-state index in [2.05, 4.69) is 0 Å². The van der Waals surface area contributed by atoms with Gasteiger partial charge in [0.05, 0.1) is 18.7 Å². The zero-order chi connectivity index (χ0) is 22.6. The summed E-state index contributed by atoms with van der Waals surface area (Å²) in [5.74, 6) is -0.786. The fraction of sp³-hybridized carbons (Fsp3) is 0.143. The van der Waals surface area contributed by atoms with E-state index >= 15 is 0 Å². The molecule has 0 radical (unpaired) electrons. The predicted molar refractivity (Wildman–Crippen MR) is 127 cm³/mol. The van der Waals surface area contributed by atoms with Crippen LogP contribution in [0.25, 0.3) is 6.08 Å². The number of carbonyl (C=O) groups is 2. The van der Waals surface area contributed by atoms with Crippen LogP contribution in [0.2, 0.25) is 0 Å². The number of para-hydroxylation sites is 1. The number of hydrogen-bond donors (Lipinski definition) is 1. The SMILES string of the molecule is Cc1ccc(CN2C(=O)[C@](O)(CC(=O)/C=C/C=C\c3ccccc3)c3ccccc32)cc1. The lowest BCUT2D eigenvalue weighted by Crippen LogP contribution is -2.41. The Morgan fingerprint density at radius 3 is 2.38 bits per heavy atom. The van der Waals surface area contributed by atoms with Gasteiger partial charge < -0.3 is 10.0 Å². The normalized spacial score (nSPS) is 17.9. The topological polar surface area (TPSA) is 57.6 Å². The number of aryl methyl sites for hydroxylation is 1. The molecule has 1 aliphatic rings. The van der Waals surface area contributed by atoms with Crippen LogP contribution in [-0.4, -0.2) is 16.8 Å². The van der Waals surface area contributed by atoms with Crippen LogP contribution in [0.3, 0.4) is 0 Å². The highest BCUT2D eigenvalue weighted by Gasteiger charge is 2.50. The number of benzene rings is 3. The molecule has 4 heteroatoms. The molecule has 1 N–H and O–H groups in total. The van der Waals surface area contributed by atoms with Gasteiger partial charge in [0, 0.05) is 5.56 Å². The van der Waals surface area contributed by atoms with Gasteiger partial charge in [-0.25, -0.2) is 0 Å². The van der Waals surface area contributed by atoms with Crippen molar-refractivity contribution >= 4 is 23.5 Å². The Bertz CT molecular complexity index is 1180. The maximum Gasteiger partial charge on any atom is 0.264 e. The predicted octanol–water partition coefficient (Wildman–Crippen LogP) is 4.96. The van der Waals surface area contributed by atoms with Crippen molar-refractivity contribution in [2.45, 2.75) is 25.5 Å². The lowest BCUT2D eigenvalue weighted by molar-refractivity contribution is -0.140. The molecule has 0 spiro atoms. The molecule has 3 aromatic carbocycles. The Morgan fingerprint density at radius 1 is 0.938 bits per heavy atom. The first-order valence-corrected chi connectivity index (χ1v) is 10.6. The van der Waals surface area contributed by atoms with Gasteiger partial charge in [0.1, 0.15) is 0 Å². The number of rotatable bonds is 7. The Morgan fingerprint density at radius 2 is 1.62 bits per heavy atom. The molecule has 3 aromatic rings. The Labute approximate surface area is 188 Å². The van der Waals surface area contributed by atoms with E-state index < -0.39 is 11.5 Å². The molecule has 0 saturated heterocycles. The minimum atomic E-state index is -1.87. The fourth-order valence-corrected chi connectivity index (χ4v) is 3.92. The minimum Gasteiger partial charge on any atom is -0.375 e. The first kappa shape index (κ1) is 21.5. The Kier molecular flexibility index (Phi) is 6.15. The van der Waals surface area contributed by atoms with E-state index in [1.54, 1.807) is 29.2 Å². The number of carbonyl (C=O) groups excluding carboxylic acids is 2. The number of nitrogens with zero attached hydrogens (tertiary/aromatic N) is 1. The largest absolute Gasteiger partial charge is 0.375 e. The molecule has 0 saturated carbocycles. The monoisotopic (exact) mass is 423 g/mol. The molecule has 0 aromatic heterocycles.